The summed E-state index contributed by atoms with van der Waals surface area (Å²) in [6.07, 6.45) is 0.866. The first-order valence-corrected chi connectivity index (χ1v) is 6.30. The molecule has 0 heterocycles. The third-order valence-corrected chi connectivity index (χ3v) is 2.81. The van der Waals surface area contributed by atoms with Gasteiger partial charge in [-0.2, -0.15) is 0 Å². The highest BCUT2D eigenvalue weighted by Gasteiger charge is 2.10. The van der Waals surface area contributed by atoms with Gasteiger partial charge >= 0.3 is 0 Å². The first kappa shape index (κ1) is 13.8. The van der Waals surface area contributed by atoms with E-state index >= 15 is 0 Å². The van der Waals surface area contributed by atoms with Gasteiger partial charge in [-0.3, -0.25) is 14.9 Å². The Kier molecular flexibility index (Phi) is 4.50. The van der Waals surface area contributed by atoms with Crippen molar-refractivity contribution in [3.05, 3.63) is 65.7 Å². The lowest BCUT2D eigenvalue weighted by Crippen LogP contribution is -2.30. The molecule has 20 heavy (non-hydrogen) atoms. The lowest BCUT2D eigenvalue weighted by molar-refractivity contribution is -0.120. The van der Waals surface area contributed by atoms with E-state index in [9.17, 15) is 9.59 Å². The predicted octanol–water partition coefficient (Wildman–Crippen LogP) is 1.96. The van der Waals surface area contributed by atoms with E-state index in [1.165, 1.54) is 12.1 Å². The summed E-state index contributed by atoms with van der Waals surface area (Å²) in [6, 6.07) is 17.0. The monoisotopic (exact) mass is 267 g/mol. The Hall–Kier alpha value is -2.62. The van der Waals surface area contributed by atoms with Crippen LogP contribution in [0.3, 0.4) is 0 Å². The minimum atomic E-state index is -0.452. The van der Waals surface area contributed by atoms with Crippen LogP contribution < -0.4 is 11.1 Å². The lowest BCUT2D eigenvalue weighted by atomic mass is 10.1. The Morgan fingerprint density at radius 2 is 1.90 bits per heavy atom. The molecule has 0 unspecified atom stereocenters. The molecule has 101 valence electrons. The number of nitrogen functional groups attached to an aromatic ring is 1. The van der Waals surface area contributed by atoms with Gasteiger partial charge in [0, 0.05) is 17.7 Å². The molecule has 4 nitrogen and oxygen atoms in total. The number of hydrogen-bond donors (Lipinski definition) is 2. The number of imide groups is 1. The van der Waals surface area contributed by atoms with E-state index in [-0.39, 0.29) is 12.3 Å². The van der Waals surface area contributed by atoms with E-state index in [0.717, 1.165) is 5.56 Å². The molecule has 2 aromatic carbocycles. The van der Waals surface area contributed by atoms with Crippen LogP contribution in [0.25, 0.3) is 0 Å². The summed E-state index contributed by atoms with van der Waals surface area (Å²) in [4.78, 5) is 23.5. The van der Waals surface area contributed by atoms with E-state index in [1.807, 2.05) is 30.3 Å². The largest absolute Gasteiger partial charge is 0.399 e. The number of anilines is 1. The fourth-order valence-electron chi connectivity index (χ4n) is 1.79. The van der Waals surface area contributed by atoms with Crippen LogP contribution in [0.2, 0.25) is 0 Å². The minimum absolute atomic E-state index is 0.266. The Bertz CT molecular complexity index is 609. The molecule has 0 aliphatic carbocycles. The normalized spacial score (nSPS) is 10.0. The van der Waals surface area contributed by atoms with Crippen molar-refractivity contribution in [3.8, 4) is 0 Å². The van der Waals surface area contributed by atoms with E-state index in [1.54, 1.807) is 6.07 Å². The molecule has 0 saturated heterocycles. The minimum Gasteiger partial charge on any atom is -0.399 e. The molecule has 0 fully saturated rings. The molecule has 0 spiro atoms. The average molecular weight is 267 g/mol. The molecule has 2 rings (SSSR count). The highest BCUT2D eigenvalue weighted by molar-refractivity contribution is 6.05. The van der Waals surface area contributed by atoms with Gasteiger partial charge < -0.3 is 5.73 Å². The van der Waals surface area contributed by atoms with Crippen LogP contribution in [0.1, 0.15) is 22.3 Å². The van der Waals surface area contributed by atoms with Gasteiger partial charge in [-0.15, -0.1) is 0 Å². The van der Waals surface area contributed by atoms with Gasteiger partial charge in [-0.05, 0) is 36.2 Å². The van der Waals surface area contributed by atoms with Crippen molar-refractivity contribution >= 4 is 17.5 Å². The third kappa shape index (κ3) is 3.95. The zero-order valence-electron chi connectivity index (χ0n) is 10.9. The molecule has 1 radical (unpaired) electrons. The van der Waals surface area contributed by atoms with E-state index in [2.05, 4.69) is 11.4 Å². The number of nitrogens with two attached hydrogens (primary N) is 1. The van der Waals surface area contributed by atoms with Crippen molar-refractivity contribution in [2.24, 2.45) is 0 Å². The first-order chi connectivity index (χ1) is 9.65. The SMILES string of the molecule is Nc1c[c]cc(C(=O)NC(=O)CCc2ccccc2)c1. The number of aryl methyl sites for hydroxylation is 1. The lowest BCUT2D eigenvalue weighted by Gasteiger charge is -2.05. The van der Waals surface area contributed by atoms with E-state index < -0.39 is 5.91 Å². The molecule has 0 saturated carbocycles. The number of carbonyl (C=O) groups is 2. The highest BCUT2D eigenvalue weighted by atomic mass is 16.2. The van der Waals surface area contributed by atoms with Crippen LogP contribution in [0.15, 0.2) is 48.5 Å². The second-order valence-corrected chi connectivity index (χ2v) is 4.42. The molecule has 4 heteroatoms. The van der Waals surface area contributed by atoms with Crippen LogP contribution in [0.4, 0.5) is 5.69 Å². The van der Waals surface area contributed by atoms with Crippen LogP contribution in [0.5, 0.6) is 0 Å². The number of rotatable bonds is 4. The van der Waals surface area contributed by atoms with Crippen molar-refractivity contribution in [2.75, 3.05) is 5.73 Å². The summed E-state index contributed by atoms with van der Waals surface area (Å²) in [5.74, 6) is -0.757. The van der Waals surface area contributed by atoms with Crippen LogP contribution in [-0.2, 0) is 11.2 Å². The van der Waals surface area contributed by atoms with E-state index in [4.69, 9.17) is 5.73 Å². The van der Waals surface area contributed by atoms with Crippen molar-refractivity contribution in [2.45, 2.75) is 12.8 Å². The van der Waals surface area contributed by atoms with Crippen LogP contribution in [-0.4, -0.2) is 11.8 Å². The molecule has 2 aromatic rings. The van der Waals surface area contributed by atoms with Gasteiger partial charge in [0.2, 0.25) is 5.91 Å². The van der Waals surface area contributed by atoms with E-state index in [0.29, 0.717) is 17.7 Å². The first-order valence-electron chi connectivity index (χ1n) is 6.30. The van der Waals surface area contributed by atoms with Gasteiger partial charge in [0.05, 0.1) is 0 Å². The maximum Gasteiger partial charge on any atom is 0.257 e. The Morgan fingerprint density at radius 3 is 2.60 bits per heavy atom. The summed E-state index contributed by atoms with van der Waals surface area (Å²) >= 11 is 0. The second kappa shape index (κ2) is 6.52. The fraction of sp³-hybridized carbons (Fsp3) is 0.125. The summed E-state index contributed by atoms with van der Waals surface area (Å²) in [5.41, 5.74) is 7.40. The fourth-order valence-corrected chi connectivity index (χ4v) is 1.79. The molecule has 0 aromatic heterocycles. The number of hydrogen-bond acceptors (Lipinski definition) is 3. The zero-order valence-corrected chi connectivity index (χ0v) is 10.9. The summed E-state index contributed by atoms with van der Waals surface area (Å²) in [6.45, 7) is 0. The smallest absolute Gasteiger partial charge is 0.257 e. The van der Waals surface area contributed by atoms with Gasteiger partial charge in [0.25, 0.3) is 5.91 Å². The van der Waals surface area contributed by atoms with Crippen LogP contribution >= 0.6 is 0 Å². The number of carbonyl (C=O) groups excluding carboxylic acids is 2. The molecular weight excluding hydrogens is 252 g/mol. The maximum atomic E-state index is 11.8. The van der Waals surface area contributed by atoms with Crippen molar-refractivity contribution in [3.63, 3.8) is 0 Å². The molecule has 0 bridgehead atoms. The van der Waals surface area contributed by atoms with Gasteiger partial charge in [0.1, 0.15) is 0 Å². The summed E-state index contributed by atoms with van der Waals surface area (Å²) < 4.78 is 0. The predicted molar refractivity (Wildman–Crippen MR) is 76.9 cm³/mol. The molecule has 0 aliphatic rings. The number of benzene rings is 2. The standard InChI is InChI=1S/C16H15N2O2/c17-14-8-4-7-13(11-14)16(20)18-15(19)10-9-12-5-2-1-3-6-12/h1-3,5-8,11H,9-10,17H2,(H,18,19,20). The average Bonchev–Trinajstić information content (AvgIpc) is 2.46. The quantitative estimate of drug-likeness (QED) is 0.832. The summed E-state index contributed by atoms with van der Waals surface area (Å²) in [7, 11) is 0. The third-order valence-electron chi connectivity index (χ3n) is 2.81. The Balaban J connectivity index is 1.87. The Labute approximate surface area is 117 Å². The van der Waals surface area contributed by atoms with Crippen molar-refractivity contribution in [1.82, 2.24) is 5.32 Å². The van der Waals surface area contributed by atoms with Gasteiger partial charge in [-0.1, -0.05) is 30.3 Å². The van der Waals surface area contributed by atoms with Crippen LogP contribution in [0, 0.1) is 6.07 Å². The second-order valence-electron chi connectivity index (χ2n) is 4.42. The number of nitrogens with one attached hydrogen (secondary N) is 1. The maximum absolute atomic E-state index is 11.8. The number of amides is 2. The highest BCUT2D eigenvalue weighted by Crippen LogP contribution is 2.06. The Morgan fingerprint density at radius 1 is 1.15 bits per heavy atom. The topological polar surface area (TPSA) is 72.2 Å². The molecule has 2 amide bonds. The molecular formula is C16H15N2O2. The molecule has 0 atom stereocenters. The zero-order chi connectivity index (χ0) is 14.4. The van der Waals surface area contributed by atoms with Crippen molar-refractivity contribution in [1.29, 1.82) is 0 Å². The van der Waals surface area contributed by atoms with Crippen molar-refractivity contribution < 1.29 is 9.59 Å². The molecule has 3 N–H and O–H groups in total. The van der Waals surface area contributed by atoms with Gasteiger partial charge in [0.15, 0.2) is 0 Å². The summed E-state index contributed by atoms with van der Waals surface area (Å²) in [5, 5.41) is 2.34. The molecule has 0 aliphatic heterocycles. The van der Waals surface area contributed by atoms with Gasteiger partial charge in [-0.25, -0.2) is 0 Å².